The molecule has 50 heavy (non-hydrogen) atoms. The molecule has 0 saturated carbocycles. The Hall–Kier alpha value is -4.26. The highest BCUT2D eigenvalue weighted by Gasteiger charge is 2.22. The summed E-state index contributed by atoms with van der Waals surface area (Å²) < 4.78 is 14.6. The molecular formula is C37H39Cl2N7O4. The summed E-state index contributed by atoms with van der Waals surface area (Å²) in [5.41, 5.74) is 5.63. The van der Waals surface area contributed by atoms with Gasteiger partial charge in [0, 0.05) is 85.3 Å². The van der Waals surface area contributed by atoms with Gasteiger partial charge in [-0.1, -0.05) is 65.7 Å². The lowest BCUT2D eigenvalue weighted by molar-refractivity contribution is -0.119. The van der Waals surface area contributed by atoms with E-state index >= 15 is 0 Å². The molecule has 0 spiro atoms. The van der Waals surface area contributed by atoms with Crippen molar-refractivity contribution in [2.24, 2.45) is 7.05 Å². The number of carbonyl (C=O) groups is 1. The molecule has 2 aliphatic heterocycles. The number of hydrogen-bond acceptors (Lipinski definition) is 8. The molecule has 5 aromatic rings. The van der Waals surface area contributed by atoms with Crippen LogP contribution in [0.3, 0.4) is 0 Å². The molecule has 0 radical (unpaired) electrons. The number of nitrogens with zero attached hydrogens (tertiary/aromatic N) is 4. The SMILES string of the molecule is COc1nc(-c2cccc(-c3cccc(-c4cc5c(=O)n(C)c(CNCC6CCCO6)nn5c4)c3Cl)c2Cl)ccc1CNCC1CCC(=O)N1. The highest BCUT2D eigenvalue weighted by molar-refractivity contribution is 6.39. The van der Waals surface area contributed by atoms with Crippen LogP contribution in [0.4, 0.5) is 0 Å². The summed E-state index contributed by atoms with van der Waals surface area (Å²) in [4.78, 5) is 29.7. The van der Waals surface area contributed by atoms with E-state index in [4.69, 9.17) is 42.8 Å². The summed E-state index contributed by atoms with van der Waals surface area (Å²) in [5, 5.41) is 15.5. The van der Waals surface area contributed by atoms with Gasteiger partial charge in [-0.3, -0.25) is 14.2 Å². The van der Waals surface area contributed by atoms with Crippen LogP contribution in [0.5, 0.6) is 5.88 Å². The molecule has 2 aromatic carbocycles. The number of amides is 1. The number of carbonyl (C=O) groups excluding carboxylic acids is 1. The van der Waals surface area contributed by atoms with Crippen LogP contribution in [0.1, 0.15) is 37.1 Å². The lowest BCUT2D eigenvalue weighted by atomic mass is 9.97. The summed E-state index contributed by atoms with van der Waals surface area (Å²) in [6, 6.07) is 17.4. The third-order valence-electron chi connectivity index (χ3n) is 9.41. The summed E-state index contributed by atoms with van der Waals surface area (Å²) in [6.45, 7) is 3.18. The second-order valence-corrected chi connectivity index (χ2v) is 13.5. The fourth-order valence-corrected chi connectivity index (χ4v) is 7.33. The maximum absolute atomic E-state index is 13.4. The van der Waals surface area contributed by atoms with E-state index in [1.165, 1.54) is 0 Å². The Labute approximate surface area is 299 Å². The van der Waals surface area contributed by atoms with Gasteiger partial charge in [0.15, 0.2) is 0 Å². The molecule has 7 rings (SSSR count). The number of pyridine rings is 1. The lowest BCUT2D eigenvalue weighted by Gasteiger charge is -2.15. The van der Waals surface area contributed by atoms with Crippen molar-refractivity contribution in [3.8, 4) is 39.4 Å². The molecule has 1 amide bonds. The first-order valence-corrected chi connectivity index (χ1v) is 17.6. The fourth-order valence-electron chi connectivity index (χ4n) is 6.67. The minimum absolute atomic E-state index is 0.0960. The van der Waals surface area contributed by atoms with Crippen LogP contribution in [0.15, 0.2) is 65.6 Å². The Balaban J connectivity index is 1.13. The number of ether oxygens (including phenoxy) is 2. The minimum atomic E-state index is -0.143. The van der Waals surface area contributed by atoms with Crippen molar-refractivity contribution in [2.45, 2.75) is 50.9 Å². The number of fused-ring (bicyclic) bond motifs is 1. The zero-order valence-electron chi connectivity index (χ0n) is 28.0. The van der Waals surface area contributed by atoms with Gasteiger partial charge < -0.3 is 25.4 Å². The highest BCUT2D eigenvalue weighted by Crippen LogP contribution is 2.42. The molecule has 2 saturated heterocycles. The lowest BCUT2D eigenvalue weighted by Crippen LogP contribution is -2.35. The molecule has 2 aliphatic rings. The molecule has 0 aliphatic carbocycles. The van der Waals surface area contributed by atoms with E-state index in [0.29, 0.717) is 65.6 Å². The first kappa shape index (κ1) is 34.2. The van der Waals surface area contributed by atoms with Crippen molar-refractivity contribution in [2.75, 3.05) is 26.8 Å². The van der Waals surface area contributed by atoms with E-state index in [9.17, 15) is 9.59 Å². The van der Waals surface area contributed by atoms with Gasteiger partial charge in [0.25, 0.3) is 5.56 Å². The average Bonchev–Trinajstić information content (AvgIpc) is 3.89. The third-order valence-corrected chi connectivity index (χ3v) is 10.2. The van der Waals surface area contributed by atoms with Crippen molar-refractivity contribution in [3.05, 3.63) is 92.6 Å². The van der Waals surface area contributed by atoms with E-state index in [1.807, 2.05) is 60.8 Å². The van der Waals surface area contributed by atoms with Gasteiger partial charge >= 0.3 is 0 Å². The van der Waals surface area contributed by atoms with Gasteiger partial charge in [-0.25, -0.2) is 9.50 Å². The topological polar surface area (TPSA) is 124 Å². The van der Waals surface area contributed by atoms with Crippen LogP contribution in [0, 0.1) is 0 Å². The minimum Gasteiger partial charge on any atom is -0.481 e. The Morgan fingerprint density at radius 3 is 2.42 bits per heavy atom. The van der Waals surface area contributed by atoms with Gasteiger partial charge in [-0.2, -0.15) is 5.10 Å². The number of aromatic nitrogens is 4. The smallest absolute Gasteiger partial charge is 0.277 e. The van der Waals surface area contributed by atoms with E-state index in [2.05, 4.69) is 16.0 Å². The largest absolute Gasteiger partial charge is 0.481 e. The van der Waals surface area contributed by atoms with Crippen molar-refractivity contribution >= 4 is 34.6 Å². The van der Waals surface area contributed by atoms with Crippen molar-refractivity contribution in [1.82, 2.24) is 35.1 Å². The van der Waals surface area contributed by atoms with Crippen LogP contribution in [0.2, 0.25) is 10.0 Å². The molecule has 0 bridgehead atoms. The van der Waals surface area contributed by atoms with Crippen LogP contribution >= 0.6 is 23.2 Å². The Kier molecular flexibility index (Phi) is 10.2. The van der Waals surface area contributed by atoms with E-state index in [-0.39, 0.29) is 23.6 Å². The standard InChI is InChI=1S/C37H39Cl2N7O4/c1-45-32(20-41-19-25-6-5-15-50-25)44-46-21-23(16-31(46)37(45)48)26-7-3-8-27(34(26)38)28-9-4-10-29(35(28)39)30-13-11-22(36(43-30)49-2)17-40-18-24-12-14-33(47)42-24/h3-4,7-11,13,16,21,24-25,40-41H,5-6,12,14-15,17-20H2,1-2H3,(H,42,47). The fraction of sp³-hybridized carbons (Fsp3) is 0.351. The molecule has 2 atom stereocenters. The summed E-state index contributed by atoms with van der Waals surface area (Å²) in [6.07, 6.45) is 5.54. The van der Waals surface area contributed by atoms with Crippen LogP contribution in [-0.2, 0) is 29.7 Å². The van der Waals surface area contributed by atoms with E-state index in [1.54, 1.807) is 23.2 Å². The maximum Gasteiger partial charge on any atom is 0.277 e. The zero-order valence-corrected chi connectivity index (χ0v) is 29.5. The second kappa shape index (κ2) is 14.9. The molecule has 3 aromatic heterocycles. The molecule has 5 heterocycles. The normalized spacial score (nSPS) is 17.5. The number of benzene rings is 2. The maximum atomic E-state index is 13.4. The van der Waals surface area contributed by atoms with Gasteiger partial charge in [-0.05, 0) is 31.4 Å². The molecule has 3 N–H and O–H groups in total. The van der Waals surface area contributed by atoms with Crippen molar-refractivity contribution in [3.63, 3.8) is 0 Å². The Morgan fingerprint density at radius 2 is 1.70 bits per heavy atom. The van der Waals surface area contributed by atoms with Gasteiger partial charge in [0.1, 0.15) is 11.3 Å². The Bertz CT molecular complexity index is 2110. The van der Waals surface area contributed by atoms with E-state index in [0.717, 1.165) is 59.3 Å². The molecule has 2 fully saturated rings. The zero-order chi connectivity index (χ0) is 34.8. The first-order chi connectivity index (χ1) is 24.3. The van der Waals surface area contributed by atoms with Crippen LogP contribution < -0.4 is 26.2 Å². The predicted molar refractivity (Wildman–Crippen MR) is 195 cm³/mol. The van der Waals surface area contributed by atoms with Crippen LogP contribution in [0.25, 0.3) is 39.0 Å². The third kappa shape index (κ3) is 7.01. The Morgan fingerprint density at radius 1 is 0.960 bits per heavy atom. The summed E-state index contributed by atoms with van der Waals surface area (Å²) >= 11 is 14.2. The van der Waals surface area contributed by atoms with Crippen molar-refractivity contribution < 1.29 is 14.3 Å². The number of nitrogens with one attached hydrogen (secondary N) is 3. The summed E-state index contributed by atoms with van der Waals surface area (Å²) in [7, 11) is 3.33. The second-order valence-electron chi connectivity index (χ2n) is 12.7. The quantitative estimate of drug-likeness (QED) is 0.157. The highest BCUT2D eigenvalue weighted by atomic mass is 35.5. The first-order valence-electron chi connectivity index (χ1n) is 16.8. The van der Waals surface area contributed by atoms with Crippen molar-refractivity contribution in [1.29, 1.82) is 0 Å². The predicted octanol–water partition coefficient (Wildman–Crippen LogP) is 5.38. The number of halogens is 2. The molecule has 260 valence electrons. The van der Waals surface area contributed by atoms with Gasteiger partial charge in [0.05, 0.1) is 35.5 Å². The average molecular weight is 717 g/mol. The van der Waals surface area contributed by atoms with Gasteiger partial charge in [0.2, 0.25) is 11.8 Å². The molecule has 2 unspecified atom stereocenters. The van der Waals surface area contributed by atoms with Gasteiger partial charge in [-0.15, -0.1) is 0 Å². The number of methoxy groups -OCH3 is 1. The number of rotatable bonds is 12. The van der Waals surface area contributed by atoms with Crippen LogP contribution in [-0.4, -0.2) is 64.0 Å². The molecular weight excluding hydrogens is 677 g/mol. The van der Waals surface area contributed by atoms with E-state index < -0.39 is 0 Å². The molecule has 11 nitrogen and oxygen atoms in total. The number of hydrogen-bond donors (Lipinski definition) is 3. The summed E-state index contributed by atoms with van der Waals surface area (Å²) in [5.74, 6) is 1.22. The molecule has 13 heteroatoms. The monoisotopic (exact) mass is 715 g/mol.